The lowest BCUT2D eigenvalue weighted by atomic mass is 10.0. The Labute approximate surface area is 88.1 Å². The van der Waals surface area contributed by atoms with Crippen molar-refractivity contribution in [3.05, 3.63) is 34.9 Å². The Morgan fingerprint density at radius 3 is 3.14 bits per heavy atom. The van der Waals surface area contributed by atoms with Crippen LogP contribution in [-0.4, -0.2) is 11.7 Å². The van der Waals surface area contributed by atoms with E-state index >= 15 is 0 Å². The van der Waals surface area contributed by atoms with Gasteiger partial charge in [0.25, 0.3) is 5.91 Å². The van der Waals surface area contributed by atoms with Crippen LogP contribution in [0.3, 0.4) is 0 Å². The van der Waals surface area contributed by atoms with Crippen molar-refractivity contribution < 1.29 is 4.79 Å². The van der Waals surface area contributed by atoms with Crippen LogP contribution in [0, 0.1) is 11.8 Å². The molecule has 1 amide bonds. The Morgan fingerprint density at radius 1 is 1.50 bits per heavy atom. The number of fused-ring (bicyclic) bond motifs is 1. The summed E-state index contributed by atoms with van der Waals surface area (Å²) in [4.78, 5) is 11.3. The van der Waals surface area contributed by atoms with Crippen molar-refractivity contribution in [1.82, 2.24) is 5.32 Å². The van der Waals surface area contributed by atoms with E-state index in [1.165, 1.54) is 0 Å². The molecule has 0 atom stereocenters. The number of hydrogen-bond acceptors (Lipinski definition) is 2. The summed E-state index contributed by atoms with van der Waals surface area (Å²) in [5, 5.41) is 2.78. The van der Waals surface area contributed by atoms with Crippen LogP contribution < -0.4 is 5.32 Å². The number of hydrogen-bond donors (Lipinski definition) is 2. The first-order chi connectivity index (χ1) is 6.83. The van der Waals surface area contributed by atoms with Gasteiger partial charge in [-0.25, -0.2) is 0 Å². The van der Waals surface area contributed by atoms with E-state index in [-0.39, 0.29) is 5.91 Å². The van der Waals surface area contributed by atoms with Crippen LogP contribution in [0.5, 0.6) is 0 Å². The van der Waals surface area contributed by atoms with Crippen LogP contribution in [0.25, 0.3) is 0 Å². The van der Waals surface area contributed by atoms with Gasteiger partial charge in [0.1, 0.15) is 0 Å². The first kappa shape index (κ1) is 9.17. The van der Waals surface area contributed by atoms with Crippen molar-refractivity contribution in [3.63, 3.8) is 0 Å². The Morgan fingerprint density at radius 2 is 2.36 bits per heavy atom. The second-order valence-corrected chi connectivity index (χ2v) is 3.29. The van der Waals surface area contributed by atoms with Gasteiger partial charge >= 0.3 is 0 Å². The second kappa shape index (κ2) is 3.77. The molecule has 1 aromatic carbocycles. The van der Waals surface area contributed by atoms with Gasteiger partial charge in [0, 0.05) is 17.7 Å². The van der Waals surface area contributed by atoms with E-state index in [1.807, 2.05) is 18.2 Å². The quantitative estimate of drug-likeness (QED) is 0.481. The van der Waals surface area contributed by atoms with E-state index in [9.17, 15) is 4.79 Å². The maximum absolute atomic E-state index is 11.3. The van der Waals surface area contributed by atoms with Crippen LogP contribution in [0.2, 0.25) is 0 Å². The molecule has 0 bridgehead atoms. The molecule has 2 rings (SSSR count). The topological polar surface area (TPSA) is 29.1 Å². The first-order valence-corrected chi connectivity index (χ1v) is 4.96. The number of thiol groups is 1. The number of nitrogens with one attached hydrogen (secondary N) is 1. The molecule has 1 heterocycles. The molecule has 0 saturated heterocycles. The highest BCUT2D eigenvalue weighted by Gasteiger charge is 2.19. The van der Waals surface area contributed by atoms with Crippen LogP contribution in [0.4, 0.5) is 0 Å². The Balaban J connectivity index is 2.49. The summed E-state index contributed by atoms with van der Waals surface area (Å²) in [6, 6.07) is 5.60. The van der Waals surface area contributed by atoms with Gasteiger partial charge in [-0.3, -0.25) is 4.79 Å². The number of rotatable bonds is 0. The first-order valence-electron chi connectivity index (χ1n) is 4.33. The molecule has 0 aromatic heterocycles. The third-order valence-electron chi connectivity index (χ3n) is 2.15. The molecule has 14 heavy (non-hydrogen) atoms. The summed E-state index contributed by atoms with van der Waals surface area (Å²) < 4.78 is 0. The largest absolute Gasteiger partial charge is 0.348 e. The molecule has 2 nitrogen and oxygen atoms in total. The van der Waals surface area contributed by atoms with Crippen LogP contribution >= 0.6 is 12.6 Å². The minimum absolute atomic E-state index is 0.00507. The number of amides is 1. The fourth-order valence-electron chi connectivity index (χ4n) is 1.51. The van der Waals surface area contributed by atoms with Crippen molar-refractivity contribution in [2.75, 3.05) is 5.75 Å². The fourth-order valence-corrected chi connectivity index (χ4v) is 1.58. The maximum atomic E-state index is 11.3. The number of benzene rings is 1. The van der Waals surface area contributed by atoms with E-state index in [1.54, 1.807) is 0 Å². The minimum Gasteiger partial charge on any atom is -0.348 e. The van der Waals surface area contributed by atoms with E-state index in [0.717, 1.165) is 16.7 Å². The second-order valence-electron chi connectivity index (χ2n) is 2.97. The lowest BCUT2D eigenvalue weighted by Gasteiger charge is -1.97. The third-order valence-corrected chi connectivity index (χ3v) is 2.31. The van der Waals surface area contributed by atoms with Gasteiger partial charge in [-0.05, 0) is 17.7 Å². The molecular formula is C11H9NOS. The number of carbonyl (C=O) groups is 1. The van der Waals surface area contributed by atoms with Crippen molar-refractivity contribution in [1.29, 1.82) is 0 Å². The summed E-state index contributed by atoms with van der Waals surface area (Å²) >= 11 is 4.02. The van der Waals surface area contributed by atoms with Crippen molar-refractivity contribution in [2.24, 2.45) is 0 Å². The highest BCUT2D eigenvalue weighted by molar-refractivity contribution is 7.80. The third kappa shape index (κ3) is 1.49. The van der Waals surface area contributed by atoms with Gasteiger partial charge in [-0.1, -0.05) is 17.9 Å². The van der Waals surface area contributed by atoms with E-state index in [0.29, 0.717) is 12.3 Å². The molecule has 70 valence electrons. The average molecular weight is 203 g/mol. The zero-order valence-electron chi connectivity index (χ0n) is 7.50. The standard InChI is InChI=1S/C11H9NOS/c13-11-9-5-1-3-8(4-2-6-14)10(9)7-12-11/h1,3,5,14H,6-7H2,(H,12,13). The minimum atomic E-state index is -0.00507. The van der Waals surface area contributed by atoms with Gasteiger partial charge < -0.3 is 5.32 Å². The molecule has 0 aliphatic carbocycles. The van der Waals surface area contributed by atoms with Crippen LogP contribution in [0.1, 0.15) is 21.5 Å². The smallest absolute Gasteiger partial charge is 0.251 e. The molecule has 0 saturated carbocycles. The van der Waals surface area contributed by atoms with Gasteiger partial charge in [-0.2, -0.15) is 12.6 Å². The molecule has 1 aliphatic rings. The van der Waals surface area contributed by atoms with Crippen molar-refractivity contribution in [3.8, 4) is 11.8 Å². The normalized spacial score (nSPS) is 12.8. The van der Waals surface area contributed by atoms with E-state index in [4.69, 9.17) is 0 Å². The molecule has 0 radical (unpaired) electrons. The zero-order valence-corrected chi connectivity index (χ0v) is 8.40. The molecule has 1 N–H and O–H groups in total. The molecule has 0 spiro atoms. The average Bonchev–Trinajstić information content (AvgIpc) is 2.58. The van der Waals surface area contributed by atoms with Crippen LogP contribution in [-0.2, 0) is 6.54 Å². The highest BCUT2D eigenvalue weighted by Crippen LogP contribution is 2.18. The van der Waals surface area contributed by atoms with E-state index in [2.05, 4.69) is 29.8 Å². The summed E-state index contributed by atoms with van der Waals surface area (Å²) in [5.74, 6) is 6.41. The maximum Gasteiger partial charge on any atom is 0.251 e. The molecule has 1 aromatic rings. The van der Waals surface area contributed by atoms with Crippen LogP contribution in [0.15, 0.2) is 18.2 Å². The summed E-state index contributed by atoms with van der Waals surface area (Å²) in [5.41, 5.74) is 2.68. The molecule has 0 fully saturated rings. The predicted octanol–water partition coefficient (Wildman–Crippen LogP) is 1.21. The van der Waals surface area contributed by atoms with Gasteiger partial charge in [-0.15, -0.1) is 0 Å². The summed E-state index contributed by atoms with van der Waals surface area (Å²) in [7, 11) is 0. The predicted molar refractivity (Wildman–Crippen MR) is 58.3 cm³/mol. The van der Waals surface area contributed by atoms with Crippen molar-refractivity contribution >= 4 is 18.5 Å². The molecule has 3 heteroatoms. The number of carbonyl (C=O) groups excluding carboxylic acids is 1. The monoisotopic (exact) mass is 203 g/mol. The Bertz CT molecular complexity index is 442. The Kier molecular flexibility index (Phi) is 2.47. The van der Waals surface area contributed by atoms with Gasteiger partial charge in [0.05, 0.1) is 5.75 Å². The van der Waals surface area contributed by atoms with Crippen molar-refractivity contribution in [2.45, 2.75) is 6.54 Å². The molecule has 0 unspecified atom stereocenters. The highest BCUT2D eigenvalue weighted by atomic mass is 32.1. The zero-order chi connectivity index (χ0) is 9.97. The SMILES string of the molecule is O=C1NCc2c(C#CCS)cccc21. The lowest BCUT2D eigenvalue weighted by molar-refractivity contribution is 0.0966. The molecular weight excluding hydrogens is 194 g/mol. The Hall–Kier alpha value is -1.40. The van der Waals surface area contributed by atoms with Gasteiger partial charge in [0.2, 0.25) is 0 Å². The summed E-state index contributed by atoms with van der Waals surface area (Å²) in [6.07, 6.45) is 0. The lowest BCUT2D eigenvalue weighted by Crippen LogP contribution is -2.12. The summed E-state index contributed by atoms with van der Waals surface area (Å²) in [6.45, 7) is 0.589. The van der Waals surface area contributed by atoms with Gasteiger partial charge in [0.15, 0.2) is 0 Å². The van der Waals surface area contributed by atoms with E-state index < -0.39 is 0 Å². The fraction of sp³-hybridized carbons (Fsp3) is 0.182. The molecule has 1 aliphatic heterocycles.